The standard InChI is InChI=1S/C19H25F2N3O2/c1-3-12-8-13-14(9-22-17(13)25)23-16(12)24-7-4-15(19(20,21)10-24)26-11-18(2)5-6-18/h8,15H,3-7,9-11H2,1-2H3,(H,22,25)/t15-/m0/s1. The molecule has 0 aromatic carbocycles. The molecule has 1 aliphatic carbocycles. The molecule has 142 valence electrons. The molecule has 0 unspecified atom stereocenters. The van der Waals surface area contributed by atoms with Crippen molar-refractivity contribution in [2.24, 2.45) is 5.41 Å². The Morgan fingerprint density at radius 3 is 2.85 bits per heavy atom. The molecule has 0 bridgehead atoms. The molecule has 3 heterocycles. The summed E-state index contributed by atoms with van der Waals surface area (Å²) in [5, 5.41) is 2.74. The third-order valence-corrected chi connectivity index (χ3v) is 5.77. The molecule has 1 aromatic heterocycles. The Balaban J connectivity index is 1.52. The van der Waals surface area contributed by atoms with E-state index in [4.69, 9.17) is 4.74 Å². The van der Waals surface area contributed by atoms with Gasteiger partial charge in [0.1, 0.15) is 11.9 Å². The Hall–Kier alpha value is -1.76. The van der Waals surface area contributed by atoms with Crippen LogP contribution >= 0.6 is 0 Å². The molecule has 1 saturated heterocycles. The lowest BCUT2D eigenvalue weighted by atomic mass is 10.0. The van der Waals surface area contributed by atoms with Crippen LogP contribution < -0.4 is 10.2 Å². The molecule has 2 fully saturated rings. The van der Waals surface area contributed by atoms with Crippen molar-refractivity contribution in [3.05, 3.63) is 22.9 Å². The normalized spacial score (nSPS) is 25.8. The maximum atomic E-state index is 14.7. The highest BCUT2D eigenvalue weighted by molar-refractivity contribution is 5.98. The average molecular weight is 365 g/mol. The first kappa shape index (κ1) is 17.6. The van der Waals surface area contributed by atoms with Crippen LogP contribution in [0.25, 0.3) is 0 Å². The number of carbonyl (C=O) groups is 1. The minimum atomic E-state index is -2.91. The van der Waals surface area contributed by atoms with Crippen LogP contribution in [0.2, 0.25) is 0 Å². The lowest BCUT2D eigenvalue weighted by Crippen LogP contribution is -2.53. The number of pyridine rings is 1. The molecule has 7 heteroatoms. The zero-order valence-electron chi connectivity index (χ0n) is 15.3. The van der Waals surface area contributed by atoms with Crippen LogP contribution in [0.5, 0.6) is 0 Å². The van der Waals surface area contributed by atoms with E-state index in [0.717, 1.165) is 18.4 Å². The van der Waals surface area contributed by atoms with Crippen LogP contribution in [0.15, 0.2) is 6.07 Å². The van der Waals surface area contributed by atoms with Gasteiger partial charge in [-0.2, -0.15) is 0 Å². The zero-order chi connectivity index (χ0) is 18.5. The molecule has 4 rings (SSSR count). The second-order valence-electron chi connectivity index (χ2n) is 8.08. The Kier molecular flexibility index (Phi) is 4.17. The van der Waals surface area contributed by atoms with Gasteiger partial charge in [0.15, 0.2) is 0 Å². The molecule has 26 heavy (non-hydrogen) atoms. The number of amides is 1. The molecule has 1 saturated carbocycles. The zero-order valence-corrected chi connectivity index (χ0v) is 15.3. The summed E-state index contributed by atoms with van der Waals surface area (Å²) in [5.74, 6) is -2.47. The largest absolute Gasteiger partial charge is 0.371 e. The van der Waals surface area contributed by atoms with Crippen molar-refractivity contribution in [3.63, 3.8) is 0 Å². The van der Waals surface area contributed by atoms with Crippen LogP contribution in [0.1, 0.15) is 54.7 Å². The van der Waals surface area contributed by atoms with E-state index in [1.54, 1.807) is 11.0 Å². The molecule has 2 aliphatic heterocycles. The van der Waals surface area contributed by atoms with E-state index in [9.17, 15) is 13.6 Å². The van der Waals surface area contributed by atoms with Crippen molar-refractivity contribution in [3.8, 4) is 0 Å². The highest BCUT2D eigenvalue weighted by Gasteiger charge is 2.48. The number of piperidine rings is 1. The summed E-state index contributed by atoms with van der Waals surface area (Å²) < 4.78 is 35.0. The number of ether oxygens (including phenoxy) is 1. The van der Waals surface area contributed by atoms with E-state index in [-0.39, 0.29) is 17.7 Å². The number of hydrogen-bond donors (Lipinski definition) is 1. The number of halogens is 2. The van der Waals surface area contributed by atoms with E-state index < -0.39 is 18.6 Å². The monoisotopic (exact) mass is 365 g/mol. The van der Waals surface area contributed by atoms with Crippen molar-refractivity contribution in [2.75, 3.05) is 24.6 Å². The highest BCUT2D eigenvalue weighted by Crippen LogP contribution is 2.46. The van der Waals surface area contributed by atoms with Gasteiger partial charge in [0.2, 0.25) is 0 Å². The number of aryl methyl sites for hydroxylation is 1. The molecule has 1 N–H and O–H groups in total. The Morgan fingerprint density at radius 2 is 2.19 bits per heavy atom. The first-order chi connectivity index (χ1) is 12.3. The number of aromatic nitrogens is 1. The summed E-state index contributed by atoms with van der Waals surface area (Å²) in [6.07, 6.45) is 2.01. The van der Waals surface area contributed by atoms with Crippen molar-refractivity contribution < 1.29 is 18.3 Å². The third-order valence-electron chi connectivity index (χ3n) is 5.77. The first-order valence-electron chi connectivity index (χ1n) is 9.37. The SMILES string of the molecule is CCc1cc2c(nc1N1CC[C@H](OCC3(C)CC3)C(F)(F)C1)CNC2=O. The second kappa shape index (κ2) is 6.15. The smallest absolute Gasteiger partial charge is 0.290 e. The molecule has 1 amide bonds. The summed E-state index contributed by atoms with van der Waals surface area (Å²) in [5.41, 5.74) is 2.14. The maximum absolute atomic E-state index is 14.7. The molecule has 5 nitrogen and oxygen atoms in total. The van der Waals surface area contributed by atoms with Gasteiger partial charge < -0.3 is 15.0 Å². The molecular formula is C19H25F2N3O2. The van der Waals surface area contributed by atoms with Gasteiger partial charge in [0.05, 0.1) is 31.0 Å². The fraction of sp³-hybridized carbons (Fsp3) is 0.684. The third kappa shape index (κ3) is 3.17. The minimum Gasteiger partial charge on any atom is -0.371 e. The minimum absolute atomic E-state index is 0.101. The van der Waals surface area contributed by atoms with Gasteiger partial charge in [-0.3, -0.25) is 4.79 Å². The summed E-state index contributed by atoms with van der Waals surface area (Å²) in [6.45, 7) is 4.89. The molecule has 1 atom stereocenters. The van der Waals surface area contributed by atoms with E-state index in [1.807, 2.05) is 6.92 Å². The second-order valence-corrected chi connectivity index (χ2v) is 8.08. The van der Waals surface area contributed by atoms with E-state index in [1.165, 1.54) is 0 Å². The van der Waals surface area contributed by atoms with Crippen LogP contribution in [0.3, 0.4) is 0 Å². The van der Waals surface area contributed by atoms with Gasteiger partial charge in [-0.05, 0) is 42.7 Å². The number of anilines is 1. The summed E-state index contributed by atoms with van der Waals surface area (Å²) in [4.78, 5) is 18.0. The molecule has 1 aromatic rings. The molecular weight excluding hydrogens is 340 g/mol. The number of fused-ring (bicyclic) bond motifs is 1. The van der Waals surface area contributed by atoms with E-state index in [0.29, 0.717) is 43.2 Å². The number of nitrogens with zero attached hydrogens (tertiary/aromatic N) is 2. The van der Waals surface area contributed by atoms with Crippen LogP contribution in [0.4, 0.5) is 14.6 Å². The van der Waals surface area contributed by atoms with Crippen molar-refractivity contribution in [2.45, 2.75) is 58.1 Å². The van der Waals surface area contributed by atoms with Crippen LogP contribution in [-0.2, 0) is 17.7 Å². The van der Waals surface area contributed by atoms with Crippen LogP contribution in [0, 0.1) is 5.41 Å². The molecule has 0 radical (unpaired) electrons. The predicted octanol–water partition coefficient (Wildman–Crippen LogP) is 2.92. The van der Waals surface area contributed by atoms with Gasteiger partial charge in [-0.25, -0.2) is 13.8 Å². The molecule has 3 aliphatic rings. The number of carbonyl (C=O) groups excluding carboxylic acids is 1. The molecule has 0 spiro atoms. The first-order valence-corrected chi connectivity index (χ1v) is 9.37. The number of alkyl halides is 2. The highest BCUT2D eigenvalue weighted by atomic mass is 19.3. The van der Waals surface area contributed by atoms with E-state index >= 15 is 0 Å². The van der Waals surface area contributed by atoms with Crippen molar-refractivity contribution >= 4 is 11.7 Å². The number of rotatable bonds is 5. The van der Waals surface area contributed by atoms with Crippen molar-refractivity contribution in [1.82, 2.24) is 10.3 Å². The van der Waals surface area contributed by atoms with Gasteiger partial charge in [-0.1, -0.05) is 13.8 Å². The fourth-order valence-electron chi connectivity index (χ4n) is 3.67. The fourth-order valence-corrected chi connectivity index (χ4v) is 3.67. The van der Waals surface area contributed by atoms with E-state index in [2.05, 4.69) is 17.2 Å². The Labute approximate surface area is 152 Å². The van der Waals surface area contributed by atoms with Gasteiger partial charge in [-0.15, -0.1) is 0 Å². The number of hydrogen-bond acceptors (Lipinski definition) is 4. The lowest BCUT2D eigenvalue weighted by Gasteiger charge is -2.39. The Bertz CT molecular complexity index is 734. The number of nitrogens with one attached hydrogen (secondary N) is 1. The summed E-state index contributed by atoms with van der Waals surface area (Å²) >= 11 is 0. The predicted molar refractivity (Wildman–Crippen MR) is 93.6 cm³/mol. The van der Waals surface area contributed by atoms with Crippen molar-refractivity contribution in [1.29, 1.82) is 0 Å². The van der Waals surface area contributed by atoms with Gasteiger partial charge >= 0.3 is 0 Å². The quantitative estimate of drug-likeness (QED) is 0.872. The lowest BCUT2D eigenvalue weighted by molar-refractivity contribution is -0.149. The summed E-state index contributed by atoms with van der Waals surface area (Å²) in [6, 6.07) is 1.80. The van der Waals surface area contributed by atoms with Gasteiger partial charge in [0, 0.05) is 6.54 Å². The van der Waals surface area contributed by atoms with Crippen LogP contribution in [-0.4, -0.2) is 42.6 Å². The Morgan fingerprint density at radius 1 is 1.42 bits per heavy atom. The maximum Gasteiger partial charge on any atom is 0.290 e. The van der Waals surface area contributed by atoms with Gasteiger partial charge in [0.25, 0.3) is 11.8 Å². The summed E-state index contributed by atoms with van der Waals surface area (Å²) in [7, 11) is 0. The topological polar surface area (TPSA) is 54.5 Å². The average Bonchev–Trinajstić information content (AvgIpc) is 3.23.